The Morgan fingerprint density at radius 2 is 2.04 bits per heavy atom. The predicted molar refractivity (Wildman–Crippen MR) is 104 cm³/mol. The van der Waals surface area contributed by atoms with E-state index < -0.39 is 5.60 Å². The van der Waals surface area contributed by atoms with Gasteiger partial charge in [0.15, 0.2) is 5.82 Å². The fourth-order valence-corrected chi connectivity index (χ4v) is 3.49. The van der Waals surface area contributed by atoms with Crippen molar-refractivity contribution in [3.05, 3.63) is 36.2 Å². The molecule has 3 rings (SSSR count). The third-order valence-electron chi connectivity index (χ3n) is 4.64. The molecular formula is C20H29N5O. The first-order valence-electron chi connectivity index (χ1n) is 9.36. The van der Waals surface area contributed by atoms with E-state index in [2.05, 4.69) is 39.7 Å². The summed E-state index contributed by atoms with van der Waals surface area (Å²) in [6, 6.07) is 8.22. The van der Waals surface area contributed by atoms with Crippen LogP contribution < -0.4 is 4.90 Å². The number of pyridine rings is 1. The highest BCUT2D eigenvalue weighted by Gasteiger charge is 2.28. The van der Waals surface area contributed by atoms with Gasteiger partial charge < -0.3 is 10.0 Å². The first-order valence-corrected chi connectivity index (χ1v) is 9.36. The van der Waals surface area contributed by atoms with Gasteiger partial charge in [-0.1, -0.05) is 13.0 Å². The van der Waals surface area contributed by atoms with Gasteiger partial charge in [-0.15, -0.1) is 0 Å². The minimum atomic E-state index is -0.668. The van der Waals surface area contributed by atoms with E-state index in [9.17, 15) is 5.11 Å². The smallest absolute Gasteiger partial charge is 0.180 e. The Morgan fingerprint density at radius 3 is 2.65 bits per heavy atom. The molecule has 0 aromatic carbocycles. The van der Waals surface area contributed by atoms with Crippen molar-refractivity contribution in [2.45, 2.75) is 45.8 Å². The summed E-state index contributed by atoms with van der Waals surface area (Å²) in [6.07, 6.45) is 2.64. The number of β-amino-alcohol motifs (C(OH)–C–C–N with tert-alkyl or cyclic N) is 1. The first kappa shape index (κ1) is 18.7. The predicted octanol–water partition coefficient (Wildman–Crippen LogP) is 2.38. The zero-order valence-electron chi connectivity index (χ0n) is 16.2. The van der Waals surface area contributed by atoms with E-state index in [1.54, 1.807) is 6.20 Å². The molecule has 6 heteroatoms. The summed E-state index contributed by atoms with van der Waals surface area (Å²) in [4.78, 5) is 18.5. The number of nitrogens with zero attached hydrogens (tertiary/aromatic N) is 5. The topological polar surface area (TPSA) is 65.4 Å². The number of piperazine rings is 1. The molecule has 0 bridgehead atoms. The second-order valence-corrected chi connectivity index (χ2v) is 7.70. The summed E-state index contributed by atoms with van der Waals surface area (Å²) in [5.41, 5.74) is 1.16. The fraction of sp³-hybridized carbons (Fsp3) is 0.550. The maximum atomic E-state index is 10.1. The quantitative estimate of drug-likeness (QED) is 0.888. The van der Waals surface area contributed by atoms with Crippen LogP contribution in [-0.4, -0.2) is 62.8 Å². The second kappa shape index (κ2) is 7.68. The number of hydrogen-bond acceptors (Lipinski definition) is 6. The third-order valence-corrected chi connectivity index (χ3v) is 4.64. The Hall–Kier alpha value is -2.05. The van der Waals surface area contributed by atoms with Crippen molar-refractivity contribution in [1.82, 2.24) is 19.9 Å². The Balaban J connectivity index is 1.83. The molecule has 1 fully saturated rings. The van der Waals surface area contributed by atoms with E-state index in [1.807, 2.05) is 32.0 Å². The summed E-state index contributed by atoms with van der Waals surface area (Å²) in [5, 5.41) is 10.1. The number of aliphatic hydroxyl groups is 1. The number of hydrogen-bond donors (Lipinski definition) is 1. The Bertz CT molecular complexity index is 729. The molecule has 1 unspecified atom stereocenters. The van der Waals surface area contributed by atoms with Crippen molar-refractivity contribution in [1.29, 1.82) is 0 Å². The van der Waals surface area contributed by atoms with E-state index in [-0.39, 0.29) is 0 Å². The molecule has 3 heterocycles. The molecule has 0 spiro atoms. The number of anilines is 1. The summed E-state index contributed by atoms with van der Waals surface area (Å²) < 4.78 is 0. The second-order valence-electron chi connectivity index (χ2n) is 7.70. The summed E-state index contributed by atoms with van der Waals surface area (Å²) in [5.74, 6) is 1.65. The average molecular weight is 355 g/mol. The lowest BCUT2D eigenvalue weighted by Crippen LogP contribution is -2.55. The minimum absolute atomic E-state index is 0.322. The van der Waals surface area contributed by atoms with Gasteiger partial charge in [-0.2, -0.15) is 0 Å². The van der Waals surface area contributed by atoms with Crippen LogP contribution in [0.4, 0.5) is 5.82 Å². The highest BCUT2D eigenvalue weighted by molar-refractivity contribution is 5.54. The van der Waals surface area contributed by atoms with Crippen molar-refractivity contribution in [3.63, 3.8) is 0 Å². The van der Waals surface area contributed by atoms with E-state index >= 15 is 0 Å². The van der Waals surface area contributed by atoms with Crippen LogP contribution in [0.15, 0.2) is 30.5 Å². The molecule has 6 nitrogen and oxygen atoms in total. The number of aryl methyl sites for hydroxylation is 1. The Labute approximate surface area is 155 Å². The lowest BCUT2D eigenvalue weighted by atomic mass is 10.1. The Morgan fingerprint density at radius 1 is 1.23 bits per heavy atom. The maximum absolute atomic E-state index is 10.1. The van der Waals surface area contributed by atoms with E-state index in [1.165, 1.54) is 0 Å². The summed E-state index contributed by atoms with van der Waals surface area (Å²) in [7, 11) is 0. The molecule has 1 aliphatic rings. The van der Waals surface area contributed by atoms with Gasteiger partial charge in [0, 0.05) is 50.2 Å². The van der Waals surface area contributed by atoms with E-state index in [4.69, 9.17) is 4.98 Å². The van der Waals surface area contributed by atoms with Gasteiger partial charge in [-0.3, -0.25) is 9.88 Å². The van der Waals surface area contributed by atoms with Gasteiger partial charge >= 0.3 is 0 Å². The number of aromatic nitrogens is 3. The zero-order valence-corrected chi connectivity index (χ0v) is 16.2. The zero-order chi connectivity index (χ0) is 18.7. The van der Waals surface area contributed by atoms with Crippen LogP contribution in [0.3, 0.4) is 0 Å². The van der Waals surface area contributed by atoms with Gasteiger partial charge in [0.05, 0.1) is 5.60 Å². The van der Waals surface area contributed by atoms with Crippen LogP contribution in [0.1, 0.15) is 33.4 Å². The van der Waals surface area contributed by atoms with Crippen LogP contribution in [-0.2, 0) is 6.42 Å². The van der Waals surface area contributed by atoms with Crippen molar-refractivity contribution in [2.24, 2.45) is 0 Å². The standard InChI is InChI=1S/C20H29N5O/c1-5-16-12-18(23-19(22-16)17-8-6-7-9-21-17)25-11-10-24(13-15(25)2)14-20(3,4)26/h6-9,12,15,26H,5,10-11,13-14H2,1-4H3. The van der Waals surface area contributed by atoms with Gasteiger partial charge in [-0.05, 0) is 39.3 Å². The molecule has 140 valence electrons. The van der Waals surface area contributed by atoms with Gasteiger partial charge in [0.1, 0.15) is 11.5 Å². The molecule has 0 saturated carbocycles. The van der Waals surface area contributed by atoms with Crippen molar-refractivity contribution in [2.75, 3.05) is 31.1 Å². The van der Waals surface area contributed by atoms with E-state index in [0.29, 0.717) is 18.4 Å². The van der Waals surface area contributed by atoms with Crippen LogP contribution >= 0.6 is 0 Å². The molecule has 1 saturated heterocycles. The van der Waals surface area contributed by atoms with Gasteiger partial charge in [0.2, 0.25) is 0 Å². The van der Waals surface area contributed by atoms with Crippen LogP contribution in [0.2, 0.25) is 0 Å². The molecular weight excluding hydrogens is 326 g/mol. The number of rotatable bonds is 5. The van der Waals surface area contributed by atoms with Gasteiger partial charge in [0.25, 0.3) is 0 Å². The average Bonchev–Trinajstić information content (AvgIpc) is 2.60. The summed E-state index contributed by atoms with van der Waals surface area (Å²) in [6.45, 7) is 11.5. The third kappa shape index (κ3) is 4.56. The highest BCUT2D eigenvalue weighted by atomic mass is 16.3. The molecule has 26 heavy (non-hydrogen) atoms. The highest BCUT2D eigenvalue weighted by Crippen LogP contribution is 2.23. The molecule has 1 N–H and O–H groups in total. The molecule has 2 aromatic rings. The monoisotopic (exact) mass is 355 g/mol. The van der Waals surface area contributed by atoms with Crippen molar-refractivity contribution in [3.8, 4) is 11.5 Å². The largest absolute Gasteiger partial charge is 0.389 e. The molecule has 1 aliphatic heterocycles. The summed E-state index contributed by atoms with van der Waals surface area (Å²) >= 11 is 0. The molecule has 2 aromatic heterocycles. The van der Waals surface area contributed by atoms with Crippen LogP contribution in [0, 0.1) is 0 Å². The molecule has 0 amide bonds. The molecule has 0 aliphatic carbocycles. The first-order chi connectivity index (χ1) is 12.4. The SMILES string of the molecule is CCc1cc(N2CCN(CC(C)(C)O)CC2C)nc(-c2ccccn2)n1. The molecule has 1 atom stereocenters. The Kier molecular flexibility index (Phi) is 5.53. The normalized spacial score (nSPS) is 19.0. The fourth-order valence-electron chi connectivity index (χ4n) is 3.49. The lowest BCUT2D eigenvalue weighted by molar-refractivity contribution is 0.0307. The van der Waals surface area contributed by atoms with Gasteiger partial charge in [-0.25, -0.2) is 9.97 Å². The minimum Gasteiger partial charge on any atom is -0.389 e. The van der Waals surface area contributed by atoms with Crippen LogP contribution in [0.5, 0.6) is 0 Å². The van der Waals surface area contributed by atoms with E-state index in [0.717, 1.165) is 43.3 Å². The van der Waals surface area contributed by atoms with Crippen molar-refractivity contribution >= 4 is 5.82 Å². The molecule has 0 radical (unpaired) electrons. The lowest BCUT2D eigenvalue weighted by Gasteiger charge is -2.42. The van der Waals surface area contributed by atoms with Crippen LogP contribution in [0.25, 0.3) is 11.5 Å². The van der Waals surface area contributed by atoms with Crippen molar-refractivity contribution < 1.29 is 5.11 Å². The maximum Gasteiger partial charge on any atom is 0.180 e.